The SMILES string of the molecule is CC(C)OC(=O)CCC/C=C\C[C@@H]1[C@@H](/C=C/C(F)(F)COc2ccccc2)[C@H](O)C[C@@H]1OC(=O)S. The van der Waals surface area contributed by atoms with E-state index in [1.165, 1.54) is 6.08 Å². The second-order valence-corrected chi connectivity index (χ2v) is 9.19. The van der Waals surface area contributed by atoms with Crippen molar-refractivity contribution in [3.05, 3.63) is 54.6 Å². The van der Waals surface area contributed by atoms with E-state index in [4.69, 9.17) is 14.2 Å². The number of rotatable bonds is 13. The highest BCUT2D eigenvalue weighted by molar-refractivity contribution is 7.96. The third kappa shape index (κ3) is 10.8. The molecule has 0 amide bonds. The van der Waals surface area contributed by atoms with Crippen molar-refractivity contribution in [2.45, 2.75) is 70.2 Å². The average Bonchev–Trinajstić information content (AvgIpc) is 3.06. The van der Waals surface area contributed by atoms with E-state index < -0.39 is 41.9 Å². The third-order valence-corrected chi connectivity index (χ3v) is 5.68. The second-order valence-electron chi connectivity index (χ2n) is 8.83. The summed E-state index contributed by atoms with van der Waals surface area (Å²) in [4.78, 5) is 23.0. The van der Waals surface area contributed by atoms with Crippen molar-refractivity contribution in [1.29, 1.82) is 0 Å². The van der Waals surface area contributed by atoms with E-state index in [9.17, 15) is 23.5 Å². The number of benzene rings is 1. The summed E-state index contributed by atoms with van der Waals surface area (Å²) in [6, 6.07) is 8.32. The first-order chi connectivity index (χ1) is 16.6. The molecule has 0 aliphatic heterocycles. The van der Waals surface area contributed by atoms with Gasteiger partial charge in [0, 0.05) is 24.7 Å². The minimum Gasteiger partial charge on any atom is -0.487 e. The molecule has 2 rings (SSSR count). The summed E-state index contributed by atoms with van der Waals surface area (Å²) in [6.07, 6.45) is 6.10. The van der Waals surface area contributed by atoms with Crippen LogP contribution in [0.2, 0.25) is 0 Å². The number of unbranched alkanes of at least 4 members (excludes halogenated alkanes) is 1. The van der Waals surface area contributed by atoms with Gasteiger partial charge in [-0.05, 0) is 51.3 Å². The molecule has 35 heavy (non-hydrogen) atoms. The van der Waals surface area contributed by atoms with Crippen LogP contribution in [0.15, 0.2) is 54.6 Å². The first-order valence-electron chi connectivity index (χ1n) is 11.7. The van der Waals surface area contributed by atoms with Gasteiger partial charge in [0.05, 0.1) is 12.2 Å². The number of aliphatic hydroxyl groups excluding tert-OH is 1. The van der Waals surface area contributed by atoms with Gasteiger partial charge in [0.2, 0.25) is 0 Å². The number of alkyl halides is 2. The van der Waals surface area contributed by atoms with Crippen molar-refractivity contribution in [3.8, 4) is 5.75 Å². The number of halogens is 2. The van der Waals surface area contributed by atoms with Crippen molar-refractivity contribution >= 4 is 23.9 Å². The lowest BCUT2D eigenvalue weighted by Gasteiger charge is -2.22. The van der Waals surface area contributed by atoms with Crippen LogP contribution in [0.3, 0.4) is 0 Å². The molecule has 194 valence electrons. The summed E-state index contributed by atoms with van der Waals surface area (Å²) in [7, 11) is 0. The number of para-hydroxylation sites is 1. The highest BCUT2D eigenvalue weighted by Crippen LogP contribution is 2.39. The molecule has 1 aromatic carbocycles. The van der Waals surface area contributed by atoms with E-state index in [1.54, 1.807) is 44.2 Å². The van der Waals surface area contributed by atoms with E-state index in [0.717, 1.165) is 6.08 Å². The Balaban J connectivity index is 1.96. The van der Waals surface area contributed by atoms with Crippen LogP contribution in [-0.2, 0) is 14.3 Å². The van der Waals surface area contributed by atoms with E-state index >= 15 is 0 Å². The molecule has 0 saturated heterocycles. The zero-order valence-corrected chi connectivity index (χ0v) is 20.9. The Morgan fingerprint density at radius 3 is 2.60 bits per heavy atom. The number of carbonyl (C=O) groups excluding carboxylic acids is 2. The summed E-state index contributed by atoms with van der Waals surface area (Å²) in [5, 5.41) is 9.72. The molecule has 6 nitrogen and oxygen atoms in total. The van der Waals surface area contributed by atoms with Gasteiger partial charge in [-0.15, -0.1) is 0 Å². The third-order valence-electron chi connectivity index (χ3n) is 5.57. The van der Waals surface area contributed by atoms with E-state index in [0.29, 0.717) is 31.4 Å². The molecule has 1 aromatic rings. The van der Waals surface area contributed by atoms with Crippen LogP contribution in [0.25, 0.3) is 0 Å². The molecule has 0 spiro atoms. The van der Waals surface area contributed by atoms with Crippen molar-refractivity contribution in [1.82, 2.24) is 0 Å². The topological polar surface area (TPSA) is 82.1 Å². The average molecular weight is 513 g/mol. The Morgan fingerprint density at radius 1 is 1.23 bits per heavy atom. The van der Waals surface area contributed by atoms with Crippen LogP contribution in [0.1, 0.15) is 46.0 Å². The number of hydrogen-bond acceptors (Lipinski definition) is 6. The molecular formula is C26H34F2O6S. The van der Waals surface area contributed by atoms with Crippen molar-refractivity contribution < 1.29 is 37.7 Å². The molecule has 1 aliphatic rings. The van der Waals surface area contributed by atoms with Crippen LogP contribution in [-0.4, -0.2) is 47.2 Å². The summed E-state index contributed by atoms with van der Waals surface area (Å²) in [5.41, 5.74) is 0. The van der Waals surface area contributed by atoms with Gasteiger partial charge < -0.3 is 19.3 Å². The van der Waals surface area contributed by atoms with Crippen molar-refractivity contribution in [2.75, 3.05) is 6.61 Å². The van der Waals surface area contributed by atoms with Crippen LogP contribution in [0.5, 0.6) is 5.75 Å². The molecule has 1 aliphatic carbocycles. The number of thiol groups is 1. The van der Waals surface area contributed by atoms with Crippen molar-refractivity contribution in [2.24, 2.45) is 11.8 Å². The molecule has 1 N–H and O–H groups in total. The molecule has 0 bridgehead atoms. The lowest BCUT2D eigenvalue weighted by molar-refractivity contribution is -0.147. The Morgan fingerprint density at radius 2 is 1.94 bits per heavy atom. The van der Waals surface area contributed by atoms with E-state index in [1.807, 2.05) is 12.2 Å². The summed E-state index contributed by atoms with van der Waals surface area (Å²) in [5.74, 6) is -4.21. The lowest BCUT2D eigenvalue weighted by Crippen LogP contribution is -2.26. The Kier molecular flexibility index (Phi) is 11.7. The number of allylic oxidation sites excluding steroid dienone is 2. The fourth-order valence-electron chi connectivity index (χ4n) is 4.00. The predicted octanol–water partition coefficient (Wildman–Crippen LogP) is 5.76. The van der Waals surface area contributed by atoms with Gasteiger partial charge in [-0.1, -0.05) is 49.1 Å². The lowest BCUT2D eigenvalue weighted by atomic mass is 9.89. The first-order valence-corrected chi connectivity index (χ1v) is 12.2. The zero-order chi connectivity index (χ0) is 25.8. The molecular weight excluding hydrogens is 478 g/mol. The van der Waals surface area contributed by atoms with Gasteiger partial charge in [0.1, 0.15) is 11.9 Å². The molecule has 4 atom stereocenters. The normalized spacial score (nSPS) is 22.7. The fraction of sp³-hybridized carbons (Fsp3) is 0.538. The first kappa shape index (κ1) is 28.8. The number of hydrogen-bond donors (Lipinski definition) is 2. The van der Waals surface area contributed by atoms with Crippen molar-refractivity contribution in [3.63, 3.8) is 0 Å². The highest BCUT2D eigenvalue weighted by Gasteiger charge is 2.43. The second kappa shape index (κ2) is 14.2. The van der Waals surface area contributed by atoms with E-state index in [2.05, 4.69) is 12.6 Å². The molecule has 9 heteroatoms. The van der Waals surface area contributed by atoms with Gasteiger partial charge in [0.15, 0.2) is 6.61 Å². The summed E-state index contributed by atoms with van der Waals surface area (Å²) < 4.78 is 44.3. The zero-order valence-electron chi connectivity index (χ0n) is 20.0. The minimum atomic E-state index is -3.25. The number of ether oxygens (including phenoxy) is 3. The maximum absolute atomic E-state index is 14.4. The van der Waals surface area contributed by atoms with Gasteiger partial charge >= 0.3 is 11.3 Å². The van der Waals surface area contributed by atoms with Gasteiger partial charge in [-0.3, -0.25) is 4.79 Å². The molecule has 1 fully saturated rings. The summed E-state index contributed by atoms with van der Waals surface area (Å²) in [6.45, 7) is 2.74. The van der Waals surface area contributed by atoms with Crippen LogP contribution < -0.4 is 4.74 Å². The van der Waals surface area contributed by atoms with Gasteiger partial charge in [-0.2, -0.15) is 8.78 Å². The number of aliphatic hydroxyl groups is 1. The van der Waals surface area contributed by atoms with Crippen LogP contribution in [0, 0.1) is 11.8 Å². The maximum atomic E-state index is 14.4. The largest absolute Gasteiger partial charge is 0.487 e. The molecule has 0 radical (unpaired) electrons. The van der Waals surface area contributed by atoms with E-state index in [-0.39, 0.29) is 18.5 Å². The fourth-order valence-corrected chi connectivity index (χ4v) is 4.14. The Bertz CT molecular complexity index is 859. The quantitative estimate of drug-likeness (QED) is 0.151. The van der Waals surface area contributed by atoms with Crippen LogP contribution >= 0.6 is 12.6 Å². The monoisotopic (exact) mass is 512 g/mol. The standard InChI is InChI=1S/C26H34F2O6S/c1-18(2)33-24(30)13-9-4-3-8-12-21-20(22(29)16-23(21)34-25(31)35)14-15-26(27,28)17-32-19-10-6-5-7-11-19/h3,5-8,10-11,14-15,18,20-23,29H,4,9,12-13,16-17H2,1-2H3,(H,31,35)/b8-3-,15-14+/t20-,21-,22-,23+/m1/s1. The minimum absolute atomic E-state index is 0.132. The van der Waals surface area contributed by atoms with Crippen LogP contribution in [0.4, 0.5) is 13.6 Å². The maximum Gasteiger partial charge on any atom is 0.364 e. The molecule has 0 unspecified atom stereocenters. The summed E-state index contributed by atoms with van der Waals surface area (Å²) >= 11 is 3.65. The number of esters is 1. The molecule has 0 aromatic heterocycles. The molecule has 1 saturated carbocycles. The Labute approximate surface area is 210 Å². The van der Waals surface area contributed by atoms with Gasteiger partial charge in [0.25, 0.3) is 5.92 Å². The highest BCUT2D eigenvalue weighted by atomic mass is 32.1. The van der Waals surface area contributed by atoms with Gasteiger partial charge in [-0.25, -0.2) is 4.79 Å². The predicted molar refractivity (Wildman–Crippen MR) is 132 cm³/mol. The number of carbonyl (C=O) groups is 2. The Hall–Kier alpha value is -2.39. The molecule has 0 heterocycles. The smallest absolute Gasteiger partial charge is 0.364 e.